The highest BCUT2D eigenvalue weighted by Gasteiger charge is 2.05. The standard InChI is InChI=1S/C17H13N3O/c18-9-8-17(21)19-14-6-3-5-12(10-14)16-11-13-4-1-2-7-15(13)20-16/h1-7,10-11,20H,8H2,(H,19,21). The van der Waals surface area contributed by atoms with Crippen LogP contribution in [0.3, 0.4) is 0 Å². The summed E-state index contributed by atoms with van der Waals surface area (Å²) in [7, 11) is 0. The molecular weight excluding hydrogens is 262 g/mol. The zero-order valence-electron chi connectivity index (χ0n) is 11.3. The van der Waals surface area contributed by atoms with E-state index in [2.05, 4.69) is 16.4 Å². The molecule has 21 heavy (non-hydrogen) atoms. The number of rotatable bonds is 3. The van der Waals surface area contributed by atoms with Crippen LogP contribution in [0.15, 0.2) is 54.6 Å². The second kappa shape index (κ2) is 5.51. The summed E-state index contributed by atoms with van der Waals surface area (Å²) in [6.07, 6.45) is -0.142. The molecule has 4 heteroatoms. The van der Waals surface area contributed by atoms with Gasteiger partial charge in [-0.15, -0.1) is 0 Å². The molecule has 0 atom stereocenters. The zero-order valence-corrected chi connectivity index (χ0v) is 11.3. The van der Waals surface area contributed by atoms with E-state index in [9.17, 15) is 4.79 Å². The van der Waals surface area contributed by atoms with Gasteiger partial charge in [-0.05, 0) is 24.3 Å². The highest BCUT2D eigenvalue weighted by atomic mass is 16.1. The first kappa shape index (κ1) is 12.9. The molecule has 3 aromatic rings. The molecule has 0 saturated carbocycles. The topological polar surface area (TPSA) is 68.7 Å². The van der Waals surface area contributed by atoms with Crippen LogP contribution in [0.1, 0.15) is 6.42 Å². The van der Waals surface area contributed by atoms with Crippen molar-refractivity contribution in [2.75, 3.05) is 5.32 Å². The fourth-order valence-electron chi connectivity index (χ4n) is 2.27. The molecule has 1 amide bonds. The third kappa shape index (κ3) is 2.77. The van der Waals surface area contributed by atoms with Gasteiger partial charge < -0.3 is 10.3 Å². The summed E-state index contributed by atoms with van der Waals surface area (Å²) in [5.41, 5.74) is 3.74. The molecule has 0 saturated heterocycles. The van der Waals surface area contributed by atoms with Gasteiger partial charge in [0.2, 0.25) is 5.91 Å². The van der Waals surface area contributed by atoms with E-state index in [1.165, 1.54) is 0 Å². The third-order valence-corrected chi connectivity index (χ3v) is 3.23. The Hall–Kier alpha value is -3.06. The van der Waals surface area contributed by atoms with Crippen LogP contribution in [-0.2, 0) is 4.79 Å². The van der Waals surface area contributed by atoms with Crippen molar-refractivity contribution in [1.82, 2.24) is 4.98 Å². The molecule has 2 N–H and O–H groups in total. The highest BCUT2D eigenvalue weighted by Crippen LogP contribution is 2.26. The summed E-state index contributed by atoms with van der Waals surface area (Å²) in [6, 6.07) is 19.5. The number of hydrogen-bond acceptors (Lipinski definition) is 2. The predicted molar refractivity (Wildman–Crippen MR) is 82.6 cm³/mol. The lowest BCUT2D eigenvalue weighted by Gasteiger charge is -2.05. The van der Waals surface area contributed by atoms with Crippen LogP contribution >= 0.6 is 0 Å². The van der Waals surface area contributed by atoms with Gasteiger partial charge in [0.05, 0.1) is 6.07 Å². The lowest BCUT2D eigenvalue weighted by atomic mass is 10.1. The average Bonchev–Trinajstić information content (AvgIpc) is 2.91. The summed E-state index contributed by atoms with van der Waals surface area (Å²) >= 11 is 0. The minimum Gasteiger partial charge on any atom is -0.355 e. The van der Waals surface area contributed by atoms with Gasteiger partial charge >= 0.3 is 0 Å². The van der Waals surface area contributed by atoms with Crippen LogP contribution in [-0.4, -0.2) is 10.9 Å². The number of aromatic nitrogens is 1. The Morgan fingerprint density at radius 1 is 1.14 bits per heavy atom. The average molecular weight is 275 g/mol. The fourth-order valence-corrected chi connectivity index (χ4v) is 2.27. The zero-order chi connectivity index (χ0) is 14.7. The van der Waals surface area contributed by atoms with Crippen LogP contribution in [0.25, 0.3) is 22.2 Å². The van der Waals surface area contributed by atoms with E-state index < -0.39 is 0 Å². The minimum absolute atomic E-state index is 0.142. The molecule has 0 bridgehead atoms. The van der Waals surface area contributed by atoms with Crippen molar-refractivity contribution < 1.29 is 4.79 Å². The summed E-state index contributed by atoms with van der Waals surface area (Å²) in [5.74, 6) is -0.300. The Morgan fingerprint density at radius 2 is 2.00 bits per heavy atom. The molecule has 0 aliphatic heterocycles. The highest BCUT2D eigenvalue weighted by molar-refractivity contribution is 5.93. The molecule has 0 radical (unpaired) electrons. The van der Waals surface area contributed by atoms with Crippen molar-refractivity contribution >= 4 is 22.5 Å². The maximum absolute atomic E-state index is 11.5. The lowest BCUT2D eigenvalue weighted by Crippen LogP contribution is -2.09. The Bertz CT molecular complexity index is 809. The number of carbonyl (C=O) groups excluding carboxylic acids is 1. The van der Waals surface area contributed by atoms with Crippen molar-refractivity contribution in [3.63, 3.8) is 0 Å². The maximum Gasteiger partial charge on any atom is 0.238 e. The van der Waals surface area contributed by atoms with Crippen molar-refractivity contribution in [2.45, 2.75) is 6.42 Å². The molecule has 0 aliphatic carbocycles. The Kier molecular flexibility index (Phi) is 3.40. The molecule has 4 nitrogen and oxygen atoms in total. The monoisotopic (exact) mass is 275 g/mol. The van der Waals surface area contributed by atoms with Gasteiger partial charge in [-0.1, -0.05) is 30.3 Å². The number of nitrogens with one attached hydrogen (secondary N) is 2. The first-order valence-corrected chi connectivity index (χ1v) is 6.61. The third-order valence-electron chi connectivity index (χ3n) is 3.23. The molecule has 1 heterocycles. The van der Waals surface area contributed by atoms with Gasteiger partial charge in [-0.3, -0.25) is 4.79 Å². The number of H-pyrrole nitrogens is 1. The number of fused-ring (bicyclic) bond motifs is 1. The van der Waals surface area contributed by atoms with Crippen molar-refractivity contribution in [3.8, 4) is 17.3 Å². The summed E-state index contributed by atoms with van der Waals surface area (Å²) < 4.78 is 0. The number of nitriles is 1. The normalized spacial score (nSPS) is 10.2. The number of benzene rings is 2. The molecule has 0 unspecified atom stereocenters. The van der Waals surface area contributed by atoms with Crippen molar-refractivity contribution in [3.05, 3.63) is 54.6 Å². The number of carbonyl (C=O) groups is 1. The number of hydrogen-bond donors (Lipinski definition) is 2. The van der Waals surface area contributed by atoms with E-state index in [1.54, 1.807) is 6.07 Å². The molecule has 0 fully saturated rings. The summed E-state index contributed by atoms with van der Waals surface area (Å²) in [6.45, 7) is 0. The van der Waals surface area contributed by atoms with E-state index in [1.807, 2.05) is 48.5 Å². The second-order valence-corrected chi connectivity index (χ2v) is 4.73. The molecule has 0 aliphatic rings. The van der Waals surface area contributed by atoms with Gasteiger partial charge in [0.15, 0.2) is 0 Å². The van der Waals surface area contributed by atoms with E-state index >= 15 is 0 Å². The van der Waals surface area contributed by atoms with E-state index in [4.69, 9.17) is 5.26 Å². The Labute approximate surface area is 122 Å². The van der Waals surface area contributed by atoms with Crippen LogP contribution in [0, 0.1) is 11.3 Å². The van der Waals surface area contributed by atoms with Gasteiger partial charge in [-0.25, -0.2) is 0 Å². The molecule has 3 rings (SSSR count). The smallest absolute Gasteiger partial charge is 0.238 e. The van der Waals surface area contributed by atoms with Crippen molar-refractivity contribution in [1.29, 1.82) is 5.26 Å². The number of aromatic amines is 1. The van der Waals surface area contributed by atoms with Gasteiger partial charge in [0.1, 0.15) is 6.42 Å². The number of nitrogens with zero attached hydrogens (tertiary/aromatic N) is 1. The Morgan fingerprint density at radius 3 is 2.81 bits per heavy atom. The number of anilines is 1. The first-order chi connectivity index (χ1) is 10.3. The first-order valence-electron chi connectivity index (χ1n) is 6.61. The minimum atomic E-state index is -0.300. The number of para-hydroxylation sites is 1. The van der Waals surface area contributed by atoms with E-state index in [0.29, 0.717) is 5.69 Å². The van der Waals surface area contributed by atoms with Gasteiger partial charge in [0, 0.05) is 27.8 Å². The largest absolute Gasteiger partial charge is 0.355 e. The van der Waals surface area contributed by atoms with Crippen LogP contribution in [0.4, 0.5) is 5.69 Å². The Balaban J connectivity index is 1.92. The van der Waals surface area contributed by atoms with E-state index in [0.717, 1.165) is 22.2 Å². The van der Waals surface area contributed by atoms with Crippen LogP contribution in [0.5, 0.6) is 0 Å². The summed E-state index contributed by atoms with van der Waals surface area (Å²) in [4.78, 5) is 14.8. The second-order valence-electron chi connectivity index (χ2n) is 4.73. The summed E-state index contributed by atoms with van der Waals surface area (Å²) in [5, 5.41) is 12.4. The predicted octanol–water partition coefficient (Wildman–Crippen LogP) is 3.69. The van der Waals surface area contributed by atoms with Crippen LogP contribution in [0.2, 0.25) is 0 Å². The lowest BCUT2D eigenvalue weighted by molar-refractivity contribution is -0.115. The van der Waals surface area contributed by atoms with E-state index in [-0.39, 0.29) is 12.3 Å². The van der Waals surface area contributed by atoms with Gasteiger partial charge in [-0.2, -0.15) is 5.26 Å². The SMILES string of the molecule is N#CCC(=O)Nc1cccc(-c2cc3ccccc3[nH]2)c1. The van der Waals surface area contributed by atoms with Crippen LogP contribution < -0.4 is 5.32 Å². The fraction of sp³-hybridized carbons (Fsp3) is 0.0588. The molecule has 1 aromatic heterocycles. The number of amides is 1. The van der Waals surface area contributed by atoms with Crippen molar-refractivity contribution in [2.24, 2.45) is 0 Å². The quantitative estimate of drug-likeness (QED) is 0.765. The molecule has 2 aromatic carbocycles. The van der Waals surface area contributed by atoms with Gasteiger partial charge in [0.25, 0.3) is 0 Å². The molecule has 0 spiro atoms. The molecular formula is C17H13N3O. The maximum atomic E-state index is 11.5. The molecule has 102 valence electrons.